The van der Waals surface area contributed by atoms with Crippen molar-refractivity contribution in [2.75, 3.05) is 6.67 Å². The summed E-state index contributed by atoms with van der Waals surface area (Å²) >= 11 is 0. The average molecular weight is 308 g/mol. The molecular formula is C13H15F3O3S. The molecule has 1 fully saturated rings. The van der Waals surface area contributed by atoms with Gasteiger partial charge >= 0.3 is 15.4 Å². The molecule has 1 saturated carbocycles. The van der Waals surface area contributed by atoms with Gasteiger partial charge in [0.1, 0.15) is 5.75 Å². The highest BCUT2D eigenvalue weighted by Crippen LogP contribution is 2.39. The summed E-state index contributed by atoms with van der Waals surface area (Å²) in [5.74, 6) is -0.0343. The molecule has 0 unspecified atom stereocenters. The van der Waals surface area contributed by atoms with E-state index in [-0.39, 0.29) is 11.7 Å². The molecular weight excluding hydrogens is 293 g/mol. The Hall–Kier alpha value is -1.24. The number of halogens is 3. The predicted molar refractivity (Wildman–Crippen MR) is 68.1 cm³/mol. The van der Waals surface area contributed by atoms with Crippen molar-refractivity contribution in [3.8, 4) is 5.75 Å². The Morgan fingerprint density at radius 2 is 1.80 bits per heavy atom. The monoisotopic (exact) mass is 308 g/mol. The number of alkyl halides is 3. The fourth-order valence-electron chi connectivity index (χ4n) is 2.38. The van der Waals surface area contributed by atoms with Crippen molar-refractivity contribution in [3.05, 3.63) is 29.8 Å². The van der Waals surface area contributed by atoms with E-state index in [0.29, 0.717) is 5.56 Å². The SMILES string of the molecule is O=S(=O)(Oc1ccccc1C1CCCC1)C(F)(F)CF. The third-order valence-corrected chi connectivity index (χ3v) is 4.67. The van der Waals surface area contributed by atoms with Crippen LogP contribution in [0.3, 0.4) is 0 Å². The van der Waals surface area contributed by atoms with Gasteiger partial charge in [0.05, 0.1) is 0 Å². The van der Waals surface area contributed by atoms with Gasteiger partial charge in [-0.05, 0) is 30.4 Å². The minimum atomic E-state index is -5.32. The fourth-order valence-corrected chi connectivity index (χ4v) is 3.02. The summed E-state index contributed by atoms with van der Waals surface area (Å²) in [6, 6.07) is 6.17. The van der Waals surface area contributed by atoms with Crippen LogP contribution in [0.4, 0.5) is 13.2 Å². The van der Waals surface area contributed by atoms with Crippen LogP contribution in [0.2, 0.25) is 0 Å². The molecule has 0 radical (unpaired) electrons. The molecule has 0 aromatic heterocycles. The normalized spacial score (nSPS) is 17.4. The smallest absolute Gasteiger partial charge is 0.378 e. The molecule has 2 rings (SSSR count). The second-order valence-corrected chi connectivity index (χ2v) is 6.50. The van der Waals surface area contributed by atoms with E-state index < -0.39 is 22.0 Å². The van der Waals surface area contributed by atoms with Crippen LogP contribution in [0.15, 0.2) is 24.3 Å². The lowest BCUT2D eigenvalue weighted by Crippen LogP contribution is -2.35. The molecule has 3 nitrogen and oxygen atoms in total. The van der Waals surface area contributed by atoms with Crippen LogP contribution in [0.1, 0.15) is 37.2 Å². The molecule has 1 aromatic carbocycles. The van der Waals surface area contributed by atoms with Gasteiger partial charge in [0, 0.05) is 0 Å². The first-order valence-corrected chi connectivity index (χ1v) is 7.75. The molecule has 0 bridgehead atoms. The van der Waals surface area contributed by atoms with E-state index in [4.69, 9.17) is 0 Å². The van der Waals surface area contributed by atoms with Gasteiger partial charge < -0.3 is 4.18 Å². The van der Waals surface area contributed by atoms with Crippen LogP contribution >= 0.6 is 0 Å². The number of rotatable bonds is 5. The maximum Gasteiger partial charge on any atom is 0.407 e. The van der Waals surface area contributed by atoms with Crippen molar-refractivity contribution >= 4 is 10.1 Å². The molecule has 112 valence electrons. The minimum Gasteiger partial charge on any atom is -0.378 e. The summed E-state index contributed by atoms with van der Waals surface area (Å²) in [6.45, 7) is -2.30. The summed E-state index contributed by atoms with van der Waals surface area (Å²) in [6.07, 6.45) is 3.73. The minimum absolute atomic E-state index is 0.0976. The first-order chi connectivity index (χ1) is 9.37. The molecule has 0 atom stereocenters. The van der Waals surface area contributed by atoms with Gasteiger partial charge in [-0.15, -0.1) is 0 Å². The van der Waals surface area contributed by atoms with Gasteiger partial charge in [0.25, 0.3) is 0 Å². The van der Waals surface area contributed by atoms with Crippen molar-refractivity contribution in [2.24, 2.45) is 0 Å². The second kappa shape index (κ2) is 5.63. The zero-order valence-corrected chi connectivity index (χ0v) is 11.5. The van der Waals surface area contributed by atoms with Crippen LogP contribution in [-0.2, 0) is 10.1 Å². The van der Waals surface area contributed by atoms with Crippen molar-refractivity contribution in [1.82, 2.24) is 0 Å². The Morgan fingerprint density at radius 3 is 2.40 bits per heavy atom. The molecule has 0 amide bonds. The predicted octanol–water partition coefficient (Wildman–Crippen LogP) is 3.62. The summed E-state index contributed by atoms with van der Waals surface area (Å²) in [7, 11) is -5.32. The zero-order valence-electron chi connectivity index (χ0n) is 10.7. The van der Waals surface area contributed by atoms with Gasteiger partial charge in [0.15, 0.2) is 6.67 Å². The summed E-state index contributed by atoms with van der Waals surface area (Å²) in [4.78, 5) is 0. The first kappa shape index (κ1) is 15.2. The van der Waals surface area contributed by atoms with E-state index in [1.54, 1.807) is 12.1 Å². The Kier molecular flexibility index (Phi) is 4.27. The molecule has 1 aromatic rings. The number of hydrogen-bond donors (Lipinski definition) is 0. The molecule has 0 spiro atoms. The van der Waals surface area contributed by atoms with Crippen molar-refractivity contribution < 1.29 is 25.8 Å². The Labute approximate surface area is 115 Å². The quantitative estimate of drug-likeness (QED) is 0.780. The van der Waals surface area contributed by atoms with Crippen LogP contribution in [0.5, 0.6) is 5.75 Å². The largest absolute Gasteiger partial charge is 0.407 e. The van der Waals surface area contributed by atoms with Gasteiger partial charge in [-0.25, -0.2) is 4.39 Å². The van der Waals surface area contributed by atoms with Crippen LogP contribution in [0.25, 0.3) is 0 Å². The number of benzene rings is 1. The number of hydrogen-bond acceptors (Lipinski definition) is 3. The lowest BCUT2D eigenvalue weighted by Gasteiger charge is -2.18. The number of para-hydroxylation sites is 1. The van der Waals surface area contributed by atoms with E-state index in [2.05, 4.69) is 4.18 Å². The van der Waals surface area contributed by atoms with E-state index >= 15 is 0 Å². The van der Waals surface area contributed by atoms with Gasteiger partial charge in [-0.2, -0.15) is 17.2 Å². The van der Waals surface area contributed by atoms with E-state index in [9.17, 15) is 21.6 Å². The summed E-state index contributed by atoms with van der Waals surface area (Å²) < 4.78 is 65.5. The first-order valence-electron chi connectivity index (χ1n) is 6.34. The topological polar surface area (TPSA) is 43.4 Å². The lowest BCUT2D eigenvalue weighted by atomic mass is 9.97. The standard InChI is InChI=1S/C13H15F3O3S/c14-9-13(15,16)20(17,18)19-12-8-4-3-7-11(12)10-5-1-2-6-10/h3-4,7-8,10H,1-2,5-6,9H2. The van der Waals surface area contributed by atoms with E-state index in [0.717, 1.165) is 25.7 Å². The molecule has 0 N–H and O–H groups in total. The van der Waals surface area contributed by atoms with Gasteiger partial charge in [-0.3, -0.25) is 0 Å². The molecule has 0 heterocycles. The highest BCUT2D eigenvalue weighted by molar-refractivity contribution is 7.88. The van der Waals surface area contributed by atoms with E-state index in [1.165, 1.54) is 12.1 Å². The van der Waals surface area contributed by atoms with Crippen LogP contribution in [-0.4, -0.2) is 20.3 Å². The van der Waals surface area contributed by atoms with Crippen molar-refractivity contribution in [3.63, 3.8) is 0 Å². The fraction of sp³-hybridized carbons (Fsp3) is 0.538. The summed E-state index contributed by atoms with van der Waals surface area (Å²) in [5.41, 5.74) is 0.586. The van der Waals surface area contributed by atoms with Gasteiger partial charge in [0.2, 0.25) is 0 Å². The Balaban J connectivity index is 2.30. The maximum absolute atomic E-state index is 13.0. The molecule has 1 aliphatic rings. The average Bonchev–Trinajstić information content (AvgIpc) is 2.92. The molecule has 7 heteroatoms. The van der Waals surface area contributed by atoms with Gasteiger partial charge in [-0.1, -0.05) is 31.0 Å². The molecule has 0 aliphatic heterocycles. The van der Waals surface area contributed by atoms with Crippen molar-refractivity contribution in [2.45, 2.75) is 36.9 Å². The van der Waals surface area contributed by atoms with Crippen molar-refractivity contribution in [1.29, 1.82) is 0 Å². The lowest BCUT2D eigenvalue weighted by molar-refractivity contribution is 0.0538. The highest BCUT2D eigenvalue weighted by atomic mass is 32.2. The second-order valence-electron chi connectivity index (χ2n) is 4.83. The zero-order chi connectivity index (χ0) is 14.8. The third kappa shape index (κ3) is 2.92. The summed E-state index contributed by atoms with van der Waals surface area (Å²) in [5, 5.41) is -4.53. The Bertz CT molecular complexity index is 566. The molecule has 1 aliphatic carbocycles. The van der Waals surface area contributed by atoms with E-state index in [1.807, 2.05) is 0 Å². The highest BCUT2D eigenvalue weighted by Gasteiger charge is 2.48. The van der Waals surface area contributed by atoms with Crippen LogP contribution in [0, 0.1) is 0 Å². The molecule has 0 saturated heterocycles. The Morgan fingerprint density at radius 1 is 1.20 bits per heavy atom. The maximum atomic E-state index is 13.0. The molecule has 20 heavy (non-hydrogen) atoms. The van der Waals surface area contributed by atoms with Crippen LogP contribution < -0.4 is 4.18 Å². The third-order valence-electron chi connectivity index (χ3n) is 3.43.